The maximum absolute atomic E-state index is 6.09. The molecule has 0 fully saturated rings. The fourth-order valence-electron chi connectivity index (χ4n) is 1.89. The molecule has 1 aliphatic carbocycles. The average molecular weight is 228 g/mol. The lowest BCUT2D eigenvalue weighted by Gasteiger charge is -1.94. The van der Waals surface area contributed by atoms with Gasteiger partial charge in [-0.05, 0) is 33.0 Å². The van der Waals surface area contributed by atoms with Crippen LogP contribution in [0.2, 0.25) is 5.15 Å². The van der Waals surface area contributed by atoms with E-state index in [0.717, 1.165) is 0 Å². The van der Waals surface area contributed by atoms with Gasteiger partial charge in [0, 0.05) is 10.3 Å². The van der Waals surface area contributed by atoms with Crippen molar-refractivity contribution in [3.8, 4) is 0 Å². The molecule has 0 saturated carbocycles. The van der Waals surface area contributed by atoms with Crippen LogP contribution >= 0.6 is 31.1 Å². The Bertz CT molecular complexity index is 480. The van der Waals surface area contributed by atoms with Crippen LogP contribution in [0.25, 0.3) is 9.82 Å². The molecule has 2 aromatic heterocycles. The zero-order valence-electron chi connectivity index (χ0n) is 6.88. The van der Waals surface area contributed by atoms with Gasteiger partial charge in [-0.3, -0.25) is 0 Å². The van der Waals surface area contributed by atoms with Crippen LogP contribution in [0.3, 0.4) is 0 Å². The van der Waals surface area contributed by atoms with E-state index in [1.807, 2.05) is 17.3 Å². The summed E-state index contributed by atoms with van der Waals surface area (Å²) in [5, 5.41) is 1.96. The van der Waals surface area contributed by atoms with E-state index in [2.05, 4.69) is 4.98 Å². The van der Waals surface area contributed by atoms with Crippen LogP contribution in [0.5, 0.6) is 0 Å². The van der Waals surface area contributed by atoms with Crippen molar-refractivity contribution < 1.29 is 0 Å². The molecule has 0 bridgehead atoms. The lowest BCUT2D eigenvalue weighted by Crippen LogP contribution is -1.77. The molecule has 0 N–H and O–H groups in total. The molecule has 1 aliphatic rings. The molecule has 4 heteroatoms. The summed E-state index contributed by atoms with van der Waals surface area (Å²) in [5.41, 5.74) is 1.48. The summed E-state index contributed by atoms with van der Waals surface area (Å²) >= 11 is 8.01. The zero-order chi connectivity index (χ0) is 8.84. The molecule has 0 amide bonds. The summed E-state index contributed by atoms with van der Waals surface area (Å²) in [4.78, 5) is 5.72. The number of aromatic nitrogens is 1. The predicted octanol–water partition coefficient (Wildman–Crippen LogP) is 4.02. The number of fused-ring (bicyclic) bond motifs is 3. The van der Waals surface area contributed by atoms with Gasteiger partial charge >= 0.3 is 0 Å². The first-order valence-corrected chi connectivity index (χ1v) is 6.43. The summed E-state index contributed by atoms with van der Waals surface area (Å²) in [6.07, 6.45) is 3.73. The Labute approximate surface area is 86.9 Å². The lowest BCUT2D eigenvalue weighted by molar-refractivity contribution is 0.917. The minimum Gasteiger partial charge on any atom is -0.239 e. The average Bonchev–Trinajstić information content (AvgIpc) is 2.62. The van der Waals surface area contributed by atoms with Crippen molar-refractivity contribution in [2.24, 2.45) is 0 Å². The van der Waals surface area contributed by atoms with Gasteiger partial charge in [0.05, 0.1) is 10.4 Å². The first-order valence-electron chi connectivity index (χ1n) is 4.27. The first-order chi connectivity index (χ1) is 6.36. The van der Waals surface area contributed by atoms with Crippen molar-refractivity contribution in [2.75, 3.05) is 0 Å². The second-order valence-corrected chi connectivity index (χ2v) is 5.90. The molecule has 0 unspecified atom stereocenters. The van der Waals surface area contributed by atoms with Crippen LogP contribution in [0.4, 0.5) is 0 Å². The van der Waals surface area contributed by atoms with E-state index in [4.69, 9.17) is 11.6 Å². The van der Waals surface area contributed by atoms with Gasteiger partial charge in [0.1, 0.15) is 5.15 Å². The second-order valence-electron chi connectivity index (χ2n) is 3.20. The third kappa shape index (κ3) is 1.13. The first kappa shape index (κ1) is 8.16. The van der Waals surface area contributed by atoms with E-state index in [0.29, 0.717) is 5.15 Å². The molecule has 0 aliphatic heterocycles. The van der Waals surface area contributed by atoms with Crippen molar-refractivity contribution in [3.05, 3.63) is 21.5 Å². The van der Waals surface area contributed by atoms with Crippen molar-refractivity contribution in [3.63, 3.8) is 0 Å². The standard InChI is InChI=1S/C9H7ClNPS/c10-8-7-5-2-1-3-6(5)13-9(7)12-4-11-8/h4H,1-3H2. The van der Waals surface area contributed by atoms with Gasteiger partial charge in [-0.2, -0.15) is 0 Å². The number of halogens is 1. The molecule has 1 nitrogen and oxygen atoms in total. The Morgan fingerprint density at radius 2 is 2.38 bits per heavy atom. The molecule has 3 rings (SSSR count). The topological polar surface area (TPSA) is 12.9 Å². The Kier molecular flexibility index (Phi) is 1.83. The number of hydrogen-bond donors (Lipinski definition) is 0. The third-order valence-corrected chi connectivity index (χ3v) is 5.12. The summed E-state index contributed by atoms with van der Waals surface area (Å²) in [6, 6.07) is 0. The Morgan fingerprint density at radius 1 is 1.46 bits per heavy atom. The molecule has 2 heterocycles. The van der Waals surface area contributed by atoms with Crippen molar-refractivity contribution >= 4 is 40.9 Å². The van der Waals surface area contributed by atoms with Gasteiger partial charge in [0.15, 0.2) is 0 Å². The quantitative estimate of drug-likeness (QED) is 0.663. The van der Waals surface area contributed by atoms with Gasteiger partial charge in [-0.1, -0.05) is 11.6 Å². The highest BCUT2D eigenvalue weighted by Gasteiger charge is 2.19. The van der Waals surface area contributed by atoms with E-state index >= 15 is 0 Å². The molecule has 0 radical (unpaired) electrons. The summed E-state index contributed by atoms with van der Waals surface area (Å²) in [5.74, 6) is 1.89. The van der Waals surface area contributed by atoms with E-state index in [1.54, 1.807) is 4.88 Å². The predicted molar refractivity (Wildman–Crippen MR) is 59.2 cm³/mol. The zero-order valence-corrected chi connectivity index (χ0v) is 9.35. The van der Waals surface area contributed by atoms with Crippen molar-refractivity contribution in [1.29, 1.82) is 0 Å². The largest absolute Gasteiger partial charge is 0.239 e. The Hall–Kier alpha value is -0.170. The van der Waals surface area contributed by atoms with Crippen LogP contribution in [0, 0.1) is 0 Å². The third-order valence-electron chi connectivity index (χ3n) is 2.46. The number of thiophene rings is 1. The maximum atomic E-state index is 6.09. The van der Waals surface area contributed by atoms with Crippen LogP contribution in [-0.4, -0.2) is 4.98 Å². The molecule has 0 saturated heterocycles. The Morgan fingerprint density at radius 3 is 3.31 bits per heavy atom. The van der Waals surface area contributed by atoms with Crippen LogP contribution < -0.4 is 0 Å². The molecular weight excluding hydrogens is 221 g/mol. The second kappa shape index (κ2) is 2.91. The lowest BCUT2D eigenvalue weighted by atomic mass is 10.2. The highest BCUT2D eigenvalue weighted by molar-refractivity contribution is 7.48. The minimum absolute atomic E-state index is 0.702. The van der Waals surface area contributed by atoms with Crippen LogP contribution in [0.15, 0.2) is 5.93 Å². The molecule has 0 aromatic carbocycles. The SMILES string of the molecule is Clc1ncpc2sc3c(c12)CCC3. The van der Waals surface area contributed by atoms with Gasteiger partial charge in [0.2, 0.25) is 0 Å². The molecule has 0 atom stereocenters. The highest BCUT2D eigenvalue weighted by atomic mass is 35.5. The van der Waals surface area contributed by atoms with Gasteiger partial charge < -0.3 is 0 Å². The van der Waals surface area contributed by atoms with Crippen molar-refractivity contribution in [1.82, 2.24) is 4.98 Å². The monoisotopic (exact) mass is 227 g/mol. The molecule has 66 valence electrons. The summed E-state index contributed by atoms with van der Waals surface area (Å²) < 4.78 is 1.39. The maximum Gasteiger partial charge on any atom is 0.138 e. The summed E-state index contributed by atoms with van der Waals surface area (Å²) in [6.45, 7) is 0. The van der Waals surface area contributed by atoms with E-state index < -0.39 is 0 Å². The van der Waals surface area contributed by atoms with Crippen molar-refractivity contribution in [2.45, 2.75) is 19.3 Å². The normalized spacial score (nSPS) is 15.8. The number of hydrogen-bond acceptors (Lipinski definition) is 2. The molecular formula is C9H7ClNPS. The summed E-state index contributed by atoms with van der Waals surface area (Å²) in [7, 11) is 1.22. The van der Waals surface area contributed by atoms with Gasteiger partial charge in [-0.15, -0.1) is 11.3 Å². The number of aryl methyl sites for hydroxylation is 2. The van der Waals surface area contributed by atoms with E-state index in [-0.39, 0.29) is 0 Å². The fraction of sp³-hybridized carbons (Fsp3) is 0.333. The van der Waals surface area contributed by atoms with Gasteiger partial charge in [-0.25, -0.2) is 4.98 Å². The number of nitrogens with zero attached hydrogens (tertiary/aromatic N) is 1. The van der Waals surface area contributed by atoms with Crippen LogP contribution in [-0.2, 0) is 12.8 Å². The highest BCUT2D eigenvalue weighted by Crippen LogP contribution is 2.42. The van der Waals surface area contributed by atoms with Gasteiger partial charge in [0.25, 0.3) is 0 Å². The molecule has 13 heavy (non-hydrogen) atoms. The molecule has 2 aromatic rings. The van der Waals surface area contributed by atoms with E-state index in [1.165, 1.54) is 42.8 Å². The smallest absolute Gasteiger partial charge is 0.138 e. The van der Waals surface area contributed by atoms with Crippen LogP contribution in [0.1, 0.15) is 16.9 Å². The fourth-order valence-corrected chi connectivity index (χ4v) is 4.80. The molecule has 0 spiro atoms. The van der Waals surface area contributed by atoms with E-state index in [9.17, 15) is 0 Å². The minimum atomic E-state index is 0.702. The Balaban J connectivity index is 2.46. The number of rotatable bonds is 0.